The summed E-state index contributed by atoms with van der Waals surface area (Å²) in [6, 6.07) is 11.9. The van der Waals surface area contributed by atoms with E-state index in [0.717, 1.165) is 5.56 Å². The van der Waals surface area contributed by atoms with Crippen molar-refractivity contribution in [2.45, 2.75) is 38.5 Å². The van der Waals surface area contributed by atoms with E-state index in [9.17, 15) is 13.6 Å². The van der Waals surface area contributed by atoms with Crippen LogP contribution in [0.4, 0.5) is 19.3 Å². The van der Waals surface area contributed by atoms with Crippen molar-refractivity contribution in [1.82, 2.24) is 5.32 Å². The van der Waals surface area contributed by atoms with Gasteiger partial charge in [0, 0.05) is 12.1 Å². The molecule has 0 aliphatic heterocycles. The highest BCUT2D eigenvalue weighted by molar-refractivity contribution is 5.68. The third-order valence-corrected chi connectivity index (χ3v) is 4.31. The molecule has 2 aromatic rings. The molecule has 1 amide bonds. The van der Waals surface area contributed by atoms with Crippen molar-refractivity contribution in [1.29, 1.82) is 0 Å². The highest BCUT2D eigenvalue weighted by Gasteiger charge is 2.32. The summed E-state index contributed by atoms with van der Waals surface area (Å²) < 4.78 is 32.8. The first-order chi connectivity index (χ1) is 12.0. The molecule has 0 radical (unpaired) electrons. The van der Waals surface area contributed by atoms with Crippen LogP contribution in [-0.2, 0) is 11.3 Å². The minimum absolute atomic E-state index is 0.0586. The van der Waals surface area contributed by atoms with Gasteiger partial charge < -0.3 is 15.4 Å². The molecule has 0 aromatic heterocycles. The largest absolute Gasteiger partial charge is 0.445 e. The molecule has 3 rings (SSSR count). The van der Waals surface area contributed by atoms with E-state index in [4.69, 9.17) is 4.74 Å². The summed E-state index contributed by atoms with van der Waals surface area (Å²) in [6.45, 7) is 1.80. The average molecular weight is 346 g/mol. The number of amides is 1. The van der Waals surface area contributed by atoms with Crippen molar-refractivity contribution in [2.75, 3.05) is 5.32 Å². The zero-order chi connectivity index (χ0) is 17.8. The molecule has 1 aliphatic rings. The molecule has 4 nitrogen and oxygen atoms in total. The molecule has 132 valence electrons. The van der Waals surface area contributed by atoms with Gasteiger partial charge in [0.1, 0.15) is 18.1 Å². The Labute approximate surface area is 145 Å². The summed E-state index contributed by atoms with van der Waals surface area (Å²) in [5.74, 6) is -1.18. The number of nitrogens with one attached hydrogen (secondary N) is 2. The predicted octanol–water partition coefficient (Wildman–Crippen LogP) is 4.14. The molecule has 2 N–H and O–H groups in total. The molecule has 0 unspecified atom stereocenters. The molecule has 25 heavy (non-hydrogen) atoms. The van der Waals surface area contributed by atoms with Gasteiger partial charge in [-0.1, -0.05) is 36.4 Å². The van der Waals surface area contributed by atoms with Crippen LogP contribution >= 0.6 is 0 Å². The quantitative estimate of drug-likeness (QED) is 0.855. The van der Waals surface area contributed by atoms with E-state index in [1.165, 1.54) is 12.1 Å². The SMILES string of the molecule is Cc1ccc(F)c(NC2CC(NC(=O)OCc3ccccc3)C2)c1F. The Morgan fingerprint density at radius 2 is 1.84 bits per heavy atom. The van der Waals surface area contributed by atoms with Gasteiger partial charge in [-0.05, 0) is 37.0 Å². The Hall–Kier alpha value is -2.63. The lowest BCUT2D eigenvalue weighted by Crippen LogP contribution is -2.50. The van der Waals surface area contributed by atoms with Gasteiger partial charge in [-0.2, -0.15) is 0 Å². The highest BCUT2D eigenvalue weighted by atomic mass is 19.1. The molecule has 0 spiro atoms. The fraction of sp³-hybridized carbons (Fsp3) is 0.316. The van der Waals surface area contributed by atoms with E-state index in [2.05, 4.69) is 10.6 Å². The van der Waals surface area contributed by atoms with Gasteiger partial charge in [0.2, 0.25) is 0 Å². The standard InChI is InChI=1S/C19H20F2N2O2/c1-12-7-8-16(20)18(17(12)21)22-14-9-15(10-14)23-19(24)25-11-13-5-3-2-4-6-13/h2-8,14-15,22H,9-11H2,1H3,(H,23,24). The summed E-state index contributed by atoms with van der Waals surface area (Å²) in [6.07, 6.45) is 0.695. The van der Waals surface area contributed by atoms with E-state index in [1.54, 1.807) is 6.92 Å². The molecule has 1 saturated carbocycles. The number of hydrogen-bond donors (Lipinski definition) is 2. The van der Waals surface area contributed by atoms with Crippen molar-refractivity contribution >= 4 is 11.8 Å². The highest BCUT2D eigenvalue weighted by Crippen LogP contribution is 2.28. The predicted molar refractivity (Wildman–Crippen MR) is 91.3 cm³/mol. The van der Waals surface area contributed by atoms with Crippen LogP contribution in [0.5, 0.6) is 0 Å². The van der Waals surface area contributed by atoms with E-state index in [0.29, 0.717) is 18.4 Å². The molecule has 1 aliphatic carbocycles. The van der Waals surface area contributed by atoms with Gasteiger partial charge >= 0.3 is 6.09 Å². The molecule has 0 atom stereocenters. The Morgan fingerprint density at radius 3 is 2.56 bits per heavy atom. The Kier molecular flexibility index (Phi) is 5.16. The van der Waals surface area contributed by atoms with Crippen molar-refractivity contribution in [2.24, 2.45) is 0 Å². The summed E-state index contributed by atoms with van der Waals surface area (Å²) in [5.41, 5.74) is 1.20. The number of carbonyl (C=O) groups excluding carboxylic acids is 1. The molecular formula is C19H20F2N2O2. The van der Waals surface area contributed by atoms with E-state index >= 15 is 0 Å². The first-order valence-corrected chi connectivity index (χ1v) is 8.21. The second-order valence-electron chi connectivity index (χ2n) is 6.27. The number of alkyl carbamates (subject to hydrolysis) is 1. The van der Waals surface area contributed by atoms with E-state index < -0.39 is 17.7 Å². The van der Waals surface area contributed by atoms with Crippen molar-refractivity contribution in [3.05, 3.63) is 65.2 Å². The Morgan fingerprint density at radius 1 is 1.12 bits per heavy atom. The first kappa shape index (κ1) is 17.2. The van der Waals surface area contributed by atoms with Crippen molar-refractivity contribution in [3.63, 3.8) is 0 Å². The number of halogens is 2. The molecule has 0 bridgehead atoms. The average Bonchev–Trinajstić information content (AvgIpc) is 2.58. The van der Waals surface area contributed by atoms with Gasteiger partial charge in [-0.15, -0.1) is 0 Å². The minimum atomic E-state index is -0.609. The van der Waals surface area contributed by atoms with Gasteiger partial charge in [-0.3, -0.25) is 0 Å². The molecular weight excluding hydrogens is 326 g/mol. The third kappa shape index (κ3) is 4.26. The lowest BCUT2D eigenvalue weighted by molar-refractivity contribution is 0.129. The maximum atomic E-state index is 14.0. The summed E-state index contributed by atoms with van der Waals surface area (Å²) in [7, 11) is 0. The van der Waals surface area contributed by atoms with Crippen molar-refractivity contribution < 1.29 is 18.3 Å². The molecule has 1 fully saturated rings. The van der Waals surface area contributed by atoms with Crippen molar-refractivity contribution in [3.8, 4) is 0 Å². The van der Waals surface area contributed by atoms with Crippen LogP contribution in [0.25, 0.3) is 0 Å². The normalized spacial score (nSPS) is 19.0. The number of aryl methyl sites for hydroxylation is 1. The van der Waals surface area contributed by atoms with Crippen LogP contribution < -0.4 is 10.6 Å². The molecule has 2 aromatic carbocycles. The summed E-state index contributed by atoms with van der Waals surface area (Å²) >= 11 is 0. The van der Waals surface area contributed by atoms with E-state index in [-0.39, 0.29) is 24.4 Å². The van der Waals surface area contributed by atoms with Crippen LogP contribution in [0, 0.1) is 18.6 Å². The number of rotatable bonds is 5. The van der Waals surface area contributed by atoms with E-state index in [1.807, 2.05) is 30.3 Å². The van der Waals surface area contributed by atoms with Gasteiger partial charge in [0.15, 0.2) is 5.82 Å². The Balaban J connectivity index is 1.42. The van der Waals surface area contributed by atoms with Crippen LogP contribution in [0.2, 0.25) is 0 Å². The second-order valence-corrected chi connectivity index (χ2v) is 6.27. The van der Waals surface area contributed by atoms with Crippen LogP contribution in [0.15, 0.2) is 42.5 Å². The number of hydrogen-bond acceptors (Lipinski definition) is 3. The maximum Gasteiger partial charge on any atom is 0.407 e. The van der Waals surface area contributed by atoms with Gasteiger partial charge in [0.25, 0.3) is 0 Å². The second kappa shape index (κ2) is 7.51. The lowest BCUT2D eigenvalue weighted by Gasteiger charge is -2.36. The smallest absolute Gasteiger partial charge is 0.407 e. The summed E-state index contributed by atoms with van der Waals surface area (Å²) in [4.78, 5) is 11.8. The van der Waals surface area contributed by atoms with Crippen LogP contribution in [0.3, 0.4) is 0 Å². The monoisotopic (exact) mass is 346 g/mol. The topological polar surface area (TPSA) is 50.4 Å². The van der Waals surface area contributed by atoms with Gasteiger partial charge in [-0.25, -0.2) is 13.6 Å². The number of carbonyl (C=O) groups is 1. The number of ether oxygens (including phenoxy) is 1. The molecule has 0 saturated heterocycles. The third-order valence-electron chi connectivity index (χ3n) is 4.31. The van der Waals surface area contributed by atoms with Crippen LogP contribution in [-0.4, -0.2) is 18.2 Å². The molecule has 0 heterocycles. The minimum Gasteiger partial charge on any atom is -0.445 e. The lowest BCUT2D eigenvalue weighted by atomic mass is 9.86. The number of anilines is 1. The summed E-state index contributed by atoms with van der Waals surface area (Å²) in [5, 5.41) is 5.63. The maximum absolute atomic E-state index is 14.0. The molecule has 6 heteroatoms. The first-order valence-electron chi connectivity index (χ1n) is 8.21. The fourth-order valence-electron chi connectivity index (χ4n) is 2.78. The van der Waals surface area contributed by atoms with Gasteiger partial charge in [0.05, 0.1) is 0 Å². The van der Waals surface area contributed by atoms with Crippen LogP contribution in [0.1, 0.15) is 24.0 Å². The fourth-order valence-corrected chi connectivity index (χ4v) is 2.78. The zero-order valence-corrected chi connectivity index (χ0v) is 13.9. The number of benzene rings is 2. The Bertz CT molecular complexity index is 747. The zero-order valence-electron chi connectivity index (χ0n) is 13.9.